The Labute approximate surface area is 330 Å². The molecular formula is C55H32N2. The topological polar surface area (TPSA) is 17.8 Å². The molecule has 0 fully saturated rings. The van der Waals surface area contributed by atoms with Crippen LogP contribution in [0.4, 0.5) is 0 Å². The average Bonchev–Trinajstić information content (AvgIpc) is 4.04. The molecule has 0 saturated heterocycles. The molecule has 4 aliphatic carbocycles. The lowest BCUT2D eigenvalue weighted by Crippen LogP contribution is -2.30. The second kappa shape index (κ2) is 10.3. The summed E-state index contributed by atoms with van der Waals surface area (Å²) < 4.78 is 2.47. The average molecular weight is 721 g/mol. The zero-order valence-electron chi connectivity index (χ0n) is 30.9. The van der Waals surface area contributed by atoms with Crippen molar-refractivity contribution in [3.8, 4) is 50.2 Å². The van der Waals surface area contributed by atoms with Gasteiger partial charge in [-0.15, -0.1) is 0 Å². The number of aromatic nitrogens is 2. The van der Waals surface area contributed by atoms with Crippen molar-refractivity contribution < 1.29 is 0 Å². The lowest BCUT2D eigenvalue weighted by atomic mass is 9.65. The molecule has 2 aromatic heterocycles. The van der Waals surface area contributed by atoms with Gasteiger partial charge in [0, 0.05) is 28.9 Å². The van der Waals surface area contributed by atoms with Gasteiger partial charge < -0.3 is 4.57 Å². The number of para-hydroxylation sites is 2. The van der Waals surface area contributed by atoms with Crippen LogP contribution >= 0.6 is 0 Å². The van der Waals surface area contributed by atoms with Crippen LogP contribution in [0.3, 0.4) is 0 Å². The second-order valence-corrected chi connectivity index (χ2v) is 16.1. The molecule has 2 nitrogen and oxygen atoms in total. The van der Waals surface area contributed by atoms with Gasteiger partial charge in [0.15, 0.2) is 0 Å². The van der Waals surface area contributed by atoms with Gasteiger partial charge in [0.25, 0.3) is 0 Å². The zero-order valence-corrected chi connectivity index (χ0v) is 30.9. The molecule has 2 heteroatoms. The third-order valence-electron chi connectivity index (χ3n) is 13.9. The predicted molar refractivity (Wildman–Crippen MR) is 231 cm³/mol. The maximum Gasteiger partial charge on any atom is 0.0726 e. The molecule has 2 spiro atoms. The van der Waals surface area contributed by atoms with Crippen LogP contribution in [0, 0.1) is 0 Å². The summed E-state index contributed by atoms with van der Waals surface area (Å²) in [5.74, 6) is 0. The molecule has 262 valence electrons. The van der Waals surface area contributed by atoms with Crippen molar-refractivity contribution in [2.24, 2.45) is 0 Å². The molecule has 0 radical (unpaired) electrons. The number of hydrogen-bond acceptors (Lipinski definition) is 1. The van der Waals surface area contributed by atoms with Gasteiger partial charge in [-0.25, -0.2) is 0 Å². The summed E-state index contributed by atoms with van der Waals surface area (Å²) in [5, 5.41) is 2.56. The highest BCUT2D eigenvalue weighted by Gasteiger charge is 2.60. The van der Waals surface area contributed by atoms with Gasteiger partial charge in [-0.3, -0.25) is 4.98 Å². The number of pyridine rings is 1. The van der Waals surface area contributed by atoms with E-state index in [1.165, 1.54) is 111 Å². The Balaban J connectivity index is 1.09. The van der Waals surface area contributed by atoms with E-state index in [2.05, 4.69) is 185 Å². The fourth-order valence-corrected chi connectivity index (χ4v) is 11.9. The van der Waals surface area contributed by atoms with Crippen molar-refractivity contribution in [2.45, 2.75) is 10.8 Å². The van der Waals surface area contributed by atoms with Crippen LogP contribution in [-0.2, 0) is 10.8 Å². The Morgan fingerprint density at radius 3 is 1.42 bits per heavy atom. The normalized spacial score (nSPS) is 14.9. The number of hydrogen-bond donors (Lipinski definition) is 0. The molecule has 10 aromatic rings. The quantitative estimate of drug-likeness (QED) is 0.174. The second-order valence-electron chi connectivity index (χ2n) is 16.1. The molecule has 8 aromatic carbocycles. The number of nitrogens with zero attached hydrogens (tertiary/aromatic N) is 2. The molecule has 0 N–H and O–H groups in total. The third-order valence-corrected chi connectivity index (χ3v) is 13.9. The van der Waals surface area contributed by atoms with E-state index in [4.69, 9.17) is 0 Å². The summed E-state index contributed by atoms with van der Waals surface area (Å²) in [6.07, 6.45) is 3.84. The minimum absolute atomic E-state index is 0.436. The van der Waals surface area contributed by atoms with Crippen molar-refractivity contribution in [3.63, 3.8) is 0 Å². The van der Waals surface area contributed by atoms with Gasteiger partial charge in [0.1, 0.15) is 0 Å². The van der Waals surface area contributed by atoms with E-state index in [9.17, 15) is 0 Å². The van der Waals surface area contributed by atoms with E-state index in [1.807, 2.05) is 18.5 Å². The van der Waals surface area contributed by atoms with Gasteiger partial charge in [-0.2, -0.15) is 0 Å². The summed E-state index contributed by atoms with van der Waals surface area (Å²) in [6, 6.07) is 69.0. The monoisotopic (exact) mass is 720 g/mol. The summed E-state index contributed by atoms with van der Waals surface area (Å²) in [6.45, 7) is 0. The van der Waals surface area contributed by atoms with Crippen LogP contribution in [0.15, 0.2) is 194 Å². The van der Waals surface area contributed by atoms with Crippen molar-refractivity contribution in [2.75, 3.05) is 0 Å². The van der Waals surface area contributed by atoms with Gasteiger partial charge >= 0.3 is 0 Å². The van der Waals surface area contributed by atoms with Crippen LogP contribution in [0.5, 0.6) is 0 Å². The van der Waals surface area contributed by atoms with Crippen molar-refractivity contribution in [1.29, 1.82) is 0 Å². The van der Waals surface area contributed by atoms with Crippen molar-refractivity contribution >= 4 is 21.8 Å². The van der Waals surface area contributed by atoms with Gasteiger partial charge in [-0.05, 0) is 125 Å². The van der Waals surface area contributed by atoms with Crippen LogP contribution in [0.1, 0.15) is 44.5 Å². The lowest BCUT2D eigenvalue weighted by molar-refractivity contribution is 0.756. The first-order valence-corrected chi connectivity index (χ1v) is 20.0. The Bertz CT molecular complexity index is 3310. The van der Waals surface area contributed by atoms with Crippen LogP contribution in [0.2, 0.25) is 0 Å². The molecule has 14 rings (SSSR count). The van der Waals surface area contributed by atoms with Crippen molar-refractivity contribution in [1.82, 2.24) is 9.55 Å². The molecule has 0 unspecified atom stereocenters. The van der Waals surface area contributed by atoms with E-state index >= 15 is 0 Å². The largest absolute Gasteiger partial charge is 0.309 e. The fraction of sp³-hybridized carbons (Fsp3) is 0.0364. The molecule has 0 atom stereocenters. The maximum atomic E-state index is 4.50. The van der Waals surface area contributed by atoms with E-state index in [0.717, 1.165) is 5.56 Å². The van der Waals surface area contributed by atoms with Crippen LogP contribution in [-0.4, -0.2) is 9.55 Å². The highest BCUT2D eigenvalue weighted by Crippen LogP contribution is 2.71. The predicted octanol–water partition coefficient (Wildman–Crippen LogP) is 12.9. The Morgan fingerprint density at radius 1 is 0.351 bits per heavy atom. The van der Waals surface area contributed by atoms with Crippen LogP contribution in [0.25, 0.3) is 72.0 Å². The molecule has 0 amide bonds. The summed E-state index contributed by atoms with van der Waals surface area (Å²) in [7, 11) is 0. The Kier molecular flexibility index (Phi) is 5.42. The molecule has 4 aliphatic rings. The van der Waals surface area contributed by atoms with E-state index < -0.39 is 10.8 Å². The Morgan fingerprint density at radius 2 is 0.842 bits per heavy atom. The third kappa shape index (κ3) is 3.33. The Hall–Kier alpha value is -7.29. The standard InChI is InChI=1S/C55H32N2/c1-5-17-42-36(13-1)38-27-25-33(34-12-11-29-56-32-34)30-48(38)54(42)44-19-9-21-46-52(44)53-45(54)20-10-22-47(53)55(46)43-18-6-2-14-37(43)39-28-26-35(31-49(39)55)57-50-23-7-3-15-40(50)41-16-4-8-24-51(41)57/h1-32H. The lowest BCUT2D eigenvalue weighted by Gasteiger charge is -2.36. The van der Waals surface area contributed by atoms with E-state index in [-0.39, 0.29) is 0 Å². The van der Waals surface area contributed by atoms with Gasteiger partial charge in [0.05, 0.1) is 21.9 Å². The van der Waals surface area contributed by atoms with Gasteiger partial charge in [-0.1, -0.05) is 146 Å². The summed E-state index contributed by atoms with van der Waals surface area (Å²) >= 11 is 0. The first-order valence-electron chi connectivity index (χ1n) is 20.0. The maximum absolute atomic E-state index is 4.50. The number of rotatable bonds is 2. The highest BCUT2D eigenvalue weighted by molar-refractivity contribution is 6.10. The van der Waals surface area contributed by atoms with Crippen molar-refractivity contribution in [3.05, 3.63) is 239 Å². The minimum atomic E-state index is -0.461. The number of benzene rings is 8. The smallest absolute Gasteiger partial charge is 0.0726 e. The number of fused-ring (bicyclic) bond motifs is 17. The SMILES string of the molecule is c1cncc(-c2ccc3c(c2)C2(c4ccccc4-3)c3cccc4c3-c3c2cccc3C42c3ccccc3-c3ccc(-n4c5ccccc5c5ccccc54)cc32)c1. The first kappa shape index (κ1) is 30.0. The molecule has 0 bridgehead atoms. The van der Waals surface area contributed by atoms with E-state index in [1.54, 1.807) is 0 Å². The molecule has 0 aliphatic heterocycles. The zero-order chi connectivity index (χ0) is 37.0. The molecule has 2 heterocycles. The molecular weight excluding hydrogens is 689 g/mol. The van der Waals surface area contributed by atoms with Crippen LogP contribution < -0.4 is 0 Å². The van der Waals surface area contributed by atoms with E-state index in [0.29, 0.717) is 0 Å². The highest BCUT2D eigenvalue weighted by atomic mass is 15.0. The van der Waals surface area contributed by atoms with Gasteiger partial charge in [0.2, 0.25) is 0 Å². The summed E-state index contributed by atoms with van der Waals surface area (Å²) in [4.78, 5) is 4.50. The minimum Gasteiger partial charge on any atom is -0.309 e. The molecule has 57 heavy (non-hydrogen) atoms. The molecule has 0 saturated carbocycles. The summed E-state index contributed by atoms with van der Waals surface area (Å²) in [5.41, 5.74) is 24.2. The first-order chi connectivity index (χ1) is 28.3. The fourth-order valence-electron chi connectivity index (χ4n) is 11.9.